The van der Waals surface area contributed by atoms with Crippen molar-refractivity contribution in [2.75, 3.05) is 6.61 Å². The van der Waals surface area contributed by atoms with Crippen LogP contribution >= 0.6 is 0 Å². The minimum absolute atomic E-state index is 0.113. The monoisotopic (exact) mass is 330 g/mol. The van der Waals surface area contributed by atoms with E-state index in [0.29, 0.717) is 11.7 Å². The van der Waals surface area contributed by atoms with Crippen LogP contribution in [0.1, 0.15) is 89.5 Å². The highest BCUT2D eigenvalue weighted by Gasteiger charge is 2.29. The Hall–Kier alpha value is -1.31. The molecule has 0 aromatic heterocycles. The Balaban J connectivity index is 1.80. The van der Waals surface area contributed by atoms with Crippen LogP contribution in [-0.2, 0) is 4.79 Å². The van der Waals surface area contributed by atoms with Crippen molar-refractivity contribution < 1.29 is 9.53 Å². The van der Waals surface area contributed by atoms with Crippen molar-refractivity contribution in [1.29, 1.82) is 0 Å². The molecule has 2 heteroatoms. The summed E-state index contributed by atoms with van der Waals surface area (Å²) < 4.78 is 5.76. The molecular formula is C22H34O2. The quantitative estimate of drug-likeness (QED) is 0.471. The molecule has 2 rings (SSSR count). The molecule has 0 amide bonds. The first-order chi connectivity index (χ1) is 11.7. The second kappa shape index (κ2) is 10.5. The predicted molar refractivity (Wildman–Crippen MR) is 101 cm³/mol. The van der Waals surface area contributed by atoms with Gasteiger partial charge in [0.25, 0.3) is 0 Å². The minimum atomic E-state index is 0.113. The van der Waals surface area contributed by atoms with Crippen molar-refractivity contribution >= 4 is 5.78 Å². The maximum absolute atomic E-state index is 12.5. The van der Waals surface area contributed by atoms with Crippen LogP contribution in [0.5, 0.6) is 5.75 Å². The Bertz CT molecular complexity index is 477. The topological polar surface area (TPSA) is 26.3 Å². The average Bonchev–Trinajstić information content (AvgIpc) is 2.60. The molecule has 0 unspecified atom stereocenters. The van der Waals surface area contributed by atoms with E-state index in [1.165, 1.54) is 50.5 Å². The van der Waals surface area contributed by atoms with Crippen LogP contribution in [0.3, 0.4) is 0 Å². The van der Waals surface area contributed by atoms with Crippen LogP contribution in [0.2, 0.25) is 0 Å². The lowest BCUT2D eigenvalue weighted by atomic mass is 9.76. The predicted octanol–water partition coefficient (Wildman–Crippen LogP) is 6.29. The molecule has 2 atom stereocenters. The first kappa shape index (κ1) is 19.0. The number of benzene rings is 1. The van der Waals surface area contributed by atoms with Gasteiger partial charge in [-0.25, -0.2) is 0 Å². The van der Waals surface area contributed by atoms with Gasteiger partial charge >= 0.3 is 0 Å². The lowest BCUT2D eigenvalue weighted by molar-refractivity contribution is -0.123. The average molecular weight is 331 g/mol. The van der Waals surface area contributed by atoms with E-state index in [1.54, 1.807) is 0 Å². The number of hydrogen-bond donors (Lipinski definition) is 0. The lowest BCUT2D eigenvalue weighted by Gasteiger charge is -2.27. The molecule has 134 valence electrons. The Morgan fingerprint density at radius 1 is 0.958 bits per heavy atom. The molecule has 1 aliphatic rings. The molecule has 24 heavy (non-hydrogen) atoms. The van der Waals surface area contributed by atoms with Gasteiger partial charge in [-0.3, -0.25) is 4.79 Å². The van der Waals surface area contributed by atoms with E-state index in [9.17, 15) is 4.79 Å². The summed E-state index contributed by atoms with van der Waals surface area (Å²) in [5.74, 6) is 2.11. The maximum atomic E-state index is 12.5. The molecule has 0 aliphatic heterocycles. The van der Waals surface area contributed by atoms with Crippen molar-refractivity contribution in [3.8, 4) is 5.75 Å². The zero-order valence-corrected chi connectivity index (χ0v) is 15.6. The summed E-state index contributed by atoms with van der Waals surface area (Å²) in [5.41, 5.74) is 1.17. The third-order valence-electron chi connectivity index (χ3n) is 5.26. The molecule has 1 saturated carbocycles. The van der Waals surface area contributed by atoms with Crippen LogP contribution < -0.4 is 4.74 Å². The van der Waals surface area contributed by atoms with Gasteiger partial charge in [-0.2, -0.15) is 0 Å². The molecule has 0 spiro atoms. The van der Waals surface area contributed by atoms with E-state index in [4.69, 9.17) is 4.74 Å². The Morgan fingerprint density at radius 3 is 2.33 bits per heavy atom. The molecular weight excluding hydrogens is 296 g/mol. The first-order valence-electron chi connectivity index (χ1n) is 10.00. The van der Waals surface area contributed by atoms with Crippen molar-refractivity contribution in [3.63, 3.8) is 0 Å². The number of Topliss-reactive ketones (excluding diaryl/α,β-unsaturated/α-hetero) is 1. The highest BCUT2D eigenvalue weighted by atomic mass is 16.5. The second-order valence-electron chi connectivity index (χ2n) is 7.29. The Labute approximate surface area is 148 Å². The smallest absolute Gasteiger partial charge is 0.140 e. The van der Waals surface area contributed by atoms with Gasteiger partial charge in [-0.05, 0) is 42.9 Å². The number of ketones is 1. The fourth-order valence-electron chi connectivity index (χ4n) is 3.71. The summed E-state index contributed by atoms with van der Waals surface area (Å²) in [5, 5.41) is 0. The molecule has 0 radical (unpaired) electrons. The van der Waals surface area contributed by atoms with E-state index < -0.39 is 0 Å². The molecule has 0 N–H and O–H groups in total. The second-order valence-corrected chi connectivity index (χ2v) is 7.29. The normalized spacial score (nSPS) is 21.0. The van der Waals surface area contributed by atoms with Crippen LogP contribution in [0.15, 0.2) is 24.3 Å². The highest BCUT2D eigenvalue weighted by molar-refractivity contribution is 5.86. The third-order valence-corrected chi connectivity index (χ3v) is 5.26. The van der Waals surface area contributed by atoms with Crippen LogP contribution in [0, 0.1) is 5.92 Å². The van der Waals surface area contributed by atoms with Crippen molar-refractivity contribution in [3.05, 3.63) is 29.8 Å². The largest absolute Gasteiger partial charge is 0.494 e. The first-order valence-corrected chi connectivity index (χ1v) is 10.00. The van der Waals surface area contributed by atoms with Gasteiger partial charge in [0.1, 0.15) is 11.5 Å². The number of hydrogen-bond acceptors (Lipinski definition) is 2. The van der Waals surface area contributed by atoms with Gasteiger partial charge in [0.05, 0.1) is 6.61 Å². The lowest BCUT2D eigenvalue weighted by Crippen LogP contribution is -2.23. The van der Waals surface area contributed by atoms with Gasteiger partial charge < -0.3 is 4.74 Å². The number of carbonyl (C=O) groups excluding carboxylic acids is 1. The van der Waals surface area contributed by atoms with Crippen LogP contribution in [0.4, 0.5) is 0 Å². The van der Waals surface area contributed by atoms with Gasteiger partial charge in [0, 0.05) is 12.3 Å². The van der Waals surface area contributed by atoms with Crippen LogP contribution in [0.25, 0.3) is 0 Å². The Morgan fingerprint density at radius 2 is 1.67 bits per heavy atom. The summed E-state index contributed by atoms with van der Waals surface area (Å²) in [6.45, 7) is 5.22. The Kier molecular flexibility index (Phi) is 8.35. The highest BCUT2D eigenvalue weighted by Crippen LogP contribution is 2.35. The van der Waals surface area contributed by atoms with Gasteiger partial charge in [-0.1, -0.05) is 64.5 Å². The minimum Gasteiger partial charge on any atom is -0.494 e. The number of rotatable bonds is 10. The van der Waals surface area contributed by atoms with E-state index in [2.05, 4.69) is 26.0 Å². The summed E-state index contributed by atoms with van der Waals surface area (Å²) in [6, 6.07) is 8.24. The number of carbonyl (C=O) groups is 1. The zero-order valence-electron chi connectivity index (χ0n) is 15.6. The number of ether oxygens (including phenoxy) is 1. The standard InChI is InChI=1S/C22H34O2/c1-3-5-7-9-18-10-15-21(22(23)17-18)19-11-13-20(14-12-19)24-16-8-6-4-2/h11-14,18,21H,3-10,15-17H2,1-2H3/t18-,21+/m1/s1. The third kappa shape index (κ3) is 5.96. The molecule has 0 heterocycles. The van der Waals surface area contributed by atoms with E-state index in [0.717, 1.165) is 31.6 Å². The zero-order chi connectivity index (χ0) is 17.2. The molecule has 0 bridgehead atoms. The molecule has 2 nitrogen and oxygen atoms in total. The van der Waals surface area contributed by atoms with Crippen LogP contribution in [-0.4, -0.2) is 12.4 Å². The van der Waals surface area contributed by atoms with Crippen molar-refractivity contribution in [2.24, 2.45) is 5.92 Å². The molecule has 1 aliphatic carbocycles. The van der Waals surface area contributed by atoms with E-state index >= 15 is 0 Å². The summed E-state index contributed by atoms with van der Waals surface area (Å²) in [6.07, 6.45) is 11.6. The summed E-state index contributed by atoms with van der Waals surface area (Å²) in [7, 11) is 0. The van der Waals surface area contributed by atoms with Gasteiger partial charge in [-0.15, -0.1) is 0 Å². The fourth-order valence-corrected chi connectivity index (χ4v) is 3.71. The number of unbranched alkanes of at least 4 members (excludes halogenated alkanes) is 4. The SMILES string of the molecule is CCCCCOc1ccc([C@@H]2CC[C@@H](CCCCC)CC2=O)cc1. The van der Waals surface area contributed by atoms with E-state index in [-0.39, 0.29) is 5.92 Å². The summed E-state index contributed by atoms with van der Waals surface area (Å²) >= 11 is 0. The molecule has 1 aromatic rings. The van der Waals surface area contributed by atoms with Gasteiger partial charge in [0.2, 0.25) is 0 Å². The molecule has 0 saturated heterocycles. The fraction of sp³-hybridized carbons (Fsp3) is 0.682. The van der Waals surface area contributed by atoms with Crippen molar-refractivity contribution in [1.82, 2.24) is 0 Å². The molecule has 1 fully saturated rings. The maximum Gasteiger partial charge on any atom is 0.140 e. The molecule has 1 aromatic carbocycles. The van der Waals surface area contributed by atoms with E-state index in [1.807, 2.05) is 12.1 Å². The van der Waals surface area contributed by atoms with Crippen molar-refractivity contribution in [2.45, 2.75) is 84.0 Å². The van der Waals surface area contributed by atoms with Gasteiger partial charge in [0.15, 0.2) is 0 Å². The summed E-state index contributed by atoms with van der Waals surface area (Å²) in [4.78, 5) is 12.5.